The Kier molecular flexibility index (Phi) is 4.59. The summed E-state index contributed by atoms with van der Waals surface area (Å²) in [5.74, 6) is -0.646. The van der Waals surface area contributed by atoms with Gasteiger partial charge in [0.25, 0.3) is 0 Å². The number of esters is 1. The van der Waals surface area contributed by atoms with Crippen LogP contribution in [0, 0.1) is 0 Å². The number of carbonyl (C=O) groups excluding carboxylic acids is 2. The van der Waals surface area contributed by atoms with Gasteiger partial charge in [-0.25, -0.2) is 9.78 Å². The van der Waals surface area contributed by atoms with Crippen LogP contribution in [-0.4, -0.2) is 41.5 Å². The molecule has 0 spiro atoms. The van der Waals surface area contributed by atoms with E-state index in [1.165, 1.54) is 19.5 Å². The van der Waals surface area contributed by atoms with Gasteiger partial charge in [0.2, 0.25) is 5.91 Å². The molecular weight excluding hydrogens is 236 g/mol. The Bertz CT molecular complexity index is 448. The van der Waals surface area contributed by atoms with Crippen LogP contribution in [0.2, 0.25) is 0 Å². The lowest BCUT2D eigenvalue weighted by Crippen LogP contribution is -2.39. The van der Waals surface area contributed by atoms with E-state index in [4.69, 9.17) is 5.73 Å². The number of methoxy groups -OCH3 is 1. The summed E-state index contributed by atoms with van der Waals surface area (Å²) in [5.41, 5.74) is 5.26. The van der Waals surface area contributed by atoms with Crippen LogP contribution >= 0.6 is 0 Å². The van der Waals surface area contributed by atoms with E-state index in [1.807, 2.05) is 13.8 Å². The van der Waals surface area contributed by atoms with Crippen molar-refractivity contribution in [3.63, 3.8) is 0 Å². The first-order chi connectivity index (χ1) is 8.45. The molecule has 1 aromatic heterocycles. The molecule has 0 saturated heterocycles. The number of nitrogens with zero attached hydrogens (tertiary/aromatic N) is 3. The molecule has 7 nitrogen and oxygen atoms in total. The summed E-state index contributed by atoms with van der Waals surface area (Å²) >= 11 is 0. The first-order valence-electron chi connectivity index (χ1n) is 5.41. The van der Waals surface area contributed by atoms with Crippen LogP contribution in [0.25, 0.3) is 0 Å². The number of hydrogen-bond acceptors (Lipinski definition) is 6. The summed E-state index contributed by atoms with van der Waals surface area (Å²) in [6.07, 6.45) is 2.77. The predicted molar refractivity (Wildman–Crippen MR) is 65.0 cm³/mol. The zero-order valence-electron chi connectivity index (χ0n) is 10.6. The minimum absolute atomic E-state index is 0.000281. The lowest BCUT2D eigenvalue weighted by Gasteiger charge is -2.26. The molecule has 18 heavy (non-hydrogen) atoms. The third kappa shape index (κ3) is 3.41. The van der Waals surface area contributed by atoms with Crippen LogP contribution in [0.4, 0.5) is 5.82 Å². The van der Waals surface area contributed by atoms with Gasteiger partial charge in [0.05, 0.1) is 26.0 Å². The van der Waals surface area contributed by atoms with Crippen molar-refractivity contribution in [2.24, 2.45) is 5.73 Å². The average Bonchev–Trinajstić information content (AvgIpc) is 2.34. The zero-order chi connectivity index (χ0) is 13.7. The molecule has 0 saturated carbocycles. The summed E-state index contributed by atoms with van der Waals surface area (Å²) in [7, 11) is 1.26. The van der Waals surface area contributed by atoms with Crippen molar-refractivity contribution in [2.45, 2.75) is 19.9 Å². The van der Waals surface area contributed by atoms with E-state index < -0.39 is 11.9 Å². The minimum atomic E-state index is -0.577. The molecule has 1 aromatic rings. The lowest BCUT2D eigenvalue weighted by molar-refractivity contribution is -0.116. The lowest BCUT2D eigenvalue weighted by atomic mass is 10.3. The Labute approximate surface area is 105 Å². The van der Waals surface area contributed by atoms with Crippen molar-refractivity contribution in [1.82, 2.24) is 9.97 Å². The zero-order valence-corrected chi connectivity index (χ0v) is 10.6. The molecule has 0 bridgehead atoms. The molecule has 2 N–H and O–H groups in total. The second-order valence-corrected chi connectivity index (χ2v) is 3.94. The Hall–Kier alpha value is -2.18. The van der Waals surface area contributed by atoms with Gasteiger partial charge in [-0.05, 0) is 13.8 Å². The first kappa shape index (κ1) is 13.9. The van der Waals surface area contributed by atoms with Crippen LogP contribution in [0.3, 0.4) is 0 Å². The third-order valence-corrected chi connectivity index (χ3v) is 2.26. The molecule has 0 aliphatic heterocycles. The Morgan fingerprint density at radius 3 is 2.61 bits per heavy atom. The molecule has 0 aliphatic rings. The van der Waals surface area contributed by atoms with Crippen LogP contribution < -0.4 is 10.6 Å². The number of aromatic nitrogens is 2. The van der Waals surface area contributed by atoms with Gasteiger partial charge in [-0.15, -0.1) is 0 Å². The Balaban J connectivity index is 3.05. The summed E-state index contributed by atoms with van der Waals surface area (Å²) in [6, 6.07) is -0.000281. The highest BCUT2D eigenvalue weighted by Crippen LogP contribution is 2.13. The highest BCUT2D eigenvalue weighted by molar-refractivity contribution is 5.87. The van der Waals surface area contributed by atoms with Crippen LogP contribution in [0.1, 0.15) is 24.3 Å². The summed E-state index contributed by atoms with van der Waals surface area (Å²) in [5, 5.41) is 0. The topological polar surface area (TPSA) is 98.4 Å². The summed E-state index contributed by atoms with van der Waals surface area (Å²) in [6.45, 7) is 3.78. The quantitative estimate of drug-likeness (QED) is 0.738. The number of hydrogen-bond donors (Lipinski definition) is 1. The second kappa shape index (κ2) is 5.95. The van der Waals surface area contributed by atoms with E-state index in [2.05, 4.69) is 14.7 Å². The van der Waals surface area contributed by atoms with Crippen LogP contribution in [-0.2, 0) is 9.53 Å². The van der Waals surface area contributed by atoms with Gasteiger partial charge in [0, 0.05) is 6.04 Å². The standard InChI is InChI=1S/C11H16N4O3/c1-7(2)15(6-9(12)16)10-5-13-4-8(14-10)11(17)18-3/h4-5,7H,6H2,1-3H3,(H2,12,16). The molecule has 0 fully saturated rings. The smallest absolute Gasteiger partial charge is 0.358 e. The number of primary amides is 1. The first-order valence-corrected chi connectivity index (χ1v) is 5.41. The third-order valence-electron chi connectivity index (χ3n) is 2.26. The van der Waals surface area contributed by atoms with Gasteiger partial charge >= 0.3 is 5.97 Å². The van der Waals surface area contributed by atoms with Gasteiger partial charge in [-0.2, -0.15) is 0 Å². The fourth-order valence-corrected chi connectivity index (χ4v) is 1.39. The molecule has 1 rings (SSSR count). The molecular formula is C11H16N4O3. The van der Waals surface area contributed by atoms with Crippen molar-refractivity contribution in [1.29, 1.82) is 0 Å². The van der Waals surface area contributed by atoms with Gasteiger partial charge < -0.3 is 15.4 Å². The van der Waals surface area contributed by atoms with E-state index in [0.29, 0.717) is 5.82 Å². The van der Waals surface area contributed by atoms with Crippen molar-refractivity contribution < 1.29 is 14.3 Å². The number of anilines is 1. The highest BCUT2D eigenvalue weighted by Gasteiger charge is 2.17. The maximum absolute atomic E-state index is 11.3. The predicted octanol–water partition coefficient (Wildman–Crippen LogP) is -0.0367. The van der Waals surface area contributed by atoms with Crippen LogP contribution in [0.5, 0.6) is 0 Å². The maximum atomic E-state index is 11.3. The fraction of sp³-hybridized carbons (Fsp3) is 0.455. The minimum Gasteiger partial charge on any atom is -0.464 e. The van der Waals surface area contributed by atoms with E-state index in [1.54, 1.807) is 4.90 Å². The van der Waals surface area contributed by atoms with E-state index in [-0.39, 0.29) is 18.3 Å². The summed E-state index contributed by atoms with van der Waals surface area (Å²) in [4.78, 5) is 32.0. The molecule has 98 valence electrons. The summed E-state index contributed by atoms with van der Waals surface area (Å²) < 4.78 is 4.56. The van der Waals surface area contributed by atoms with Gasteiger partial charge in [-0.3, -0.25) is 9.78 Å². The SMILES string of the molecule is COC(=O)c1cncc(N(CC(N)=O)C(C)C)n1. The average molecular weight is 252 g/mol. The Morgan fingerprint density at radius 1 is 1.44 bits per heavy atom. The number of rotatable bonds is 5. The van der Waals surface area contributed by atoms with Crippen molar-refractivity contribution in [2.75, 3.05) is 18.6 Å². The molecule has 7 heteroatoms. The molecule has 1 heterocycles. The van der Waals surface area contributed by atoms with Crippen LogP contribution in [0.15, 0.2) is 12.4 Å². The monoisotopic (exact) mass is 252 g/mol. The number of nitrogens with two attached hydrogens (primary N) is 1. The molecule has 0 radical (unpaired) electrons. The van der Waals surface area contributed by atoms with E-state index in [0.717, 1.165) is 0 Å². The van der Waals surface area contributed by atoms with Gasteiger partial charge in [0.15, 0.2) is 5.69 Å². The van der Waals surface area contributed by atoms with Gasteiger partial charge in [-0.1, -0.05) is 0 Å². The number of amides is 1. The van der Waals surface area contributed by atoms with Crippen molar-refractivity contribution in [3.8, 4) is 0 Å². The van der Waals surface area contributed by atoms with Gasteiger partial charge in [0.1, 0.15) is 5.82 Å². The van der Waals surface area contributed by atoms with Crippen molar-refractivity contribution in [3.05, 3.63) is 18.1 Å². The molecule has 0 aliphatic carbocycles. The largest absolute Gasteiger partial charge is 0.464 e. The maximum Gasteiger partial charge on any atom is 0.358 e. The Morgan fingerprint density at radius 2 is 2.11 bits per heavy atom. The fourth-order valence-electron chi connectivity index (χ4n) is 1.39. The molecule has 1 amide bonds. The molecule has 0 aromatic carbocycles. The van der Waals surface area contributed by atoms with E-state index in [9.17, 15) is 9.59 Å². The molecule has 0 atom stereocenters. The molecule has 0 unspecified atom stereocenters. The number of carbonyl (C=O) groups is 2. The van der Waals surface area contributed by atoms with E-state index >= 15 is 0 Å². The number of ether oxygens (including phenoxy) is 1. The normalized spacial score (nSPS) is 10.2. The van der Waals surface area contributed by atoms with Crippen molar-refractivity contribution >= 4 is 17.7 Å². The second-order valence-electron chi connectivity index (χ2n) is 3.94. The highest BCUT2D eigenvalue weighted by atomic mass is 16.5.